The molecule has 0 aromatic heterocycles. The highest BCUT2D eigenvalue weighted by atomic mass is 32.2. The van der Waals surface area contributed by atoms with Crippen molar-refractivity contribution >= 4 is 15.8 Å². The molecule has 1 N–H and O–H groups in total. The van der Waals surface area contributed by atoms with E-state index in [0.29, 0.717) is 5.56 Å². The lowest BCUT2D eigenvalue weighted by Gasteiger charge is -2.01. The topological polar surface area (TPSA) is 103 Å². The molecule has 0 bridgehead atoms. The first-order chi connectivity index (χ1) is 6.45. The molecule has 1 rings (SSSR count). The molecule has 0 atom stereocenters. The zero-order valence-corrected chi connectivity index (χ0v) is 8.06. The number of hydrogen-bond donors (Lipinski definition) is 1. The van der Waals surface area contributed by atoms with Crippen LogP contribution in [0.1, 0.15) is 5.56 Å². The fraction of sp³-hybridized carbons (Fsp3) is 0.143. The van der Waals surface area contributed by atoms with Gasteiger partial charge in [-0.3, -0.25) is 4.55 Å². The Morgan fingerprint density at radius 3 is 2.64 bits per heavy atom. The van der Waals surface area contributed by atoms with Crippen LogP contribution in [0.25, 0.3) is 10.4 Å². The second kappa shape index (κ2) is 3.67. The van der Waals surface area contributed by atoms with E-state index in [-0.39, 0.29) is 10.6 Å². The molecule has 0 heterocycles. The van der Waals surface area contributed by atoms with Crippen molar-refractivity contribution < 1.29 is 13.0 Å². The maximum atomic E-state index is 10.7. The minimum Gasteiger partial charge on any atom is -0.282 e. The molecule has 74 valence electrons. The van der Waals surface area contributed by atoms with E-state index < -0.39 is 10.1 Å². The summed E-state index contributed by atoms with van der Waals surface area (Å²) in [6.07, 6.45) is 0. The first-order valence-electron chi connectivity index (χ1n) is 3.58. The lowest BCUT2D eigenvalue weighted by atomic mass is 10.2. The minimum absolute atomic E-state index is 0.183. The number of azide groups is 1. The van der Waals surface area contributed by atoms with Gasteiger partial charge < -0.3 is 0 Å². The van der Waals surface area contributed by atoms with E-state index >= 15 is 0 Å². The van der Waals surface area contributed by atoms with Gasteiger partial charge in [0.2, 0.25) is 0 Å². The third-order valence-corrected chi connectivity index (χ3v) is 2.48. The van der Waals surface area contributed by atoms with Gasteiger partial charge in [0.1, 0.15) is 0 Å². The maximum Gasteiger partial charge on any atom is 0.294 e. The van der Waals surface area contributed by atoms with Gasteiger partial charge >= 0.3 is 0 Å². The van der Waals surface area contributed by atoms with E-state index in [2.05, 4.69) is 10.0 Å². The van der Waals surface area contributed by atoms with Gasteiger partial charge in [0, 0.05) is 10.6 Å². The Kier molecular flexibility index (Phi) is 2.76. The van der Waals surface area contributed by atoms with E-state index in [9.17, 15) is 8.42 Å². The van der Waals surface area contributed by atoms with Crippen LogP contribution in [0.3, 0.4) is 0 Å². The molecule has 0 fully saturated rings. The average molecular weight is 213 g/mol. The summed E-state index contributed by atoms with van der Waals surface area (Å²) in [7, 11) is -4.24. The molecule has 0 saturated carbocycles. The van der Waals surface area contributed by atoms with Crippen LogP contribution in [0.15, 0.2) is 28.2 Å². The second-order valence-electron chi connectivity index (χ2n) is 2.61. The number of rotatable bonds is 2. The molecule has 0 aliphatic heterocycles. The fourth-order valence-electron chi connectivity index (χ4n) is 0.906. The fourth-order valence-corrected chi connectivity index (χ4v) is 1.41. The van der Waals surface area contributed by atoms with Crippen LogP contribution in [-0.2, 0) is 10.1 Å². The molecular formula is C7H7N3O3S. The number of benzene rings is 1. The van der Waals surface area contributed by atoms with E-state index in [1.54, 1.807) is 6.92 Å². The first kappa shape index (κ1) is 10.5. The van der Waals surface area contributed by atoms with Crippen LogP contribution in [0.5, 0.6) is 0 Å². The maximum absolute atomic E-state index is 10.7. The second-order valence-corrected chi connectivity index (χ2v) is 4.03. The minimum atomic E-state index is -4.24. The van der Waals surface area contributed by atoms with Gasteiger partial charge in [-0.2, -0.15) is 8.42 Å². The van der Waals surface area contributed by atoms with Gasteiger partial charge in [0.25, 0.3) is 10.1 Å². The lowest BCUT2D eigenvalue weighted by molar-refractivity contribution is 0.483. The van der Waals surface area contributed by atoms with Crippen molar-refractivity contribution in [2.24, 2.45) is 5.11 Å². The zero-order chi connectivity index (χ0) is 10.8. The summed E-state index contributed by atoms with van der Waals surface area (Å²) in [6, 6.07) is 3.80. The Bertz CT molecular complexity index is 503. The van der Waals surface area contributed by atoms with Crippen molar-refractivity contribution in [1.82, 2.24) is 0 Å². The molecule has 0 amide bonds. The molecule has 7 heteroatoms. The van der Waals surface area contributed by atoms with Crippen LogP contribution >= 0.6 is 0 Å². The molecule has 0 aliphatic carbocycles. The predicted molar refractivity (Wildman–Crippen MR) is 49.8 cm³/mol. The van der Waals surface area contributed by atoms with Crippen LogP contribution in [0.2, 0.25) is 0 Å². The Balaban J connectivity index is 3.41. The molecular weight excluding hydrogens is 206 g/mol. The normalized spacial score (nSPS) is 10.7. The summed E-state index contributed by atoms with van der Waals surface area (Å²) in [5, 5.41) is 3.29. The molecule has 0 spiro atoms. The monoisotopic (exact) mass is 213 g/mol. The standard InChI is InChI=1S/C7H7N3O3S/c1-5-2-3-6(14(11,12)13)4-7(5)9-10-8/h2-4H,1H3,(H,11,12,13). The Hall–Kier alpha value is -1.56. The highest BCUT2D eigenvalue weighted by Gasteiger charge is 2.10. The highest BCUT2D eigenvalue weighted by molar-refractivity contribution is 7.85. The van der Waals surface area contributed by atoms with Crippen molar-refractivity contribution in [3.63, 3.8) is 0 Å². The molecule has 0 aliphatic rings. The molecule has 14 heavy (non-hydrogen) atoms. The number of aryl methyl sites for hydroxylation is 1. The molecule has 0 saturated heterocycles. The van der Waals surface area contributed by atoms with Gasteiger partial charge in [-0.15, -0.1) is 0 Å². The number of nitrogens with zero attached hydrogens (tertiary/aromatic N) is 3. The summed E-state index contributed by atoms with van der Waals surface area (Å²) in [5.41, 5.74) is 9.00. The highest BCUT2D eigenvalue weighted by Crippen LogP contribution is 2.22. The van der Waals surface area contributed by atoms with Gasteiger partial charge in [-0.05, 0) is 30.2 Å². The van der Waals surface area contributed by atoms with Gasteiger partial charge in [-0.1, -0.05) is 11.2 Å². The first-order valence-corrected chi connectivity index (χ1v) is 5.02. The summed E-state index contributed by atoms with van der Waals surface area (Å²) in [5.74, 6) is 0. The van der Waals surface area contributed by atoms with Crippen LogP contribution in [-0.4, -0.2) is 13.0 Å². The zero-order valence-electron chi connectivity index (χ0n) is 7.25. The van der Waals surface area contributed by atoms with Crippen LogP contribution in [0.4, 0.5) is 5.69 Å². The summed E-state index contributed by atoms with van der Waals surface area (Å²) < 4.78 is 30.2. The summed E-state index contributed by atoms with van der Waals surface area (Å²) in [4.78, 5) is 2.25. The van der Waals surface area contributed by atoms with Crippen molar-refractivity contribution in [2.45, 2.75) is 11.8 Å². The van der Waals surface area contributed by atoms with E-state index in [1.165, 1.54) is 12.1 Å². The quantitative estimate of drug-likeness (QED) is 0.352. The van der Waals surface area contributed by atoms with E-state index in [1.807, 2.05) is 0 Å². The predicted octanol–water partition coefficient (Wildman–Crippen LogP) is 2.18. The average Bonchev–Trinajstić information content (AvgIpc) is 2.07. The Labute approximate surface area is 80.6 Å². The molecule has 0 radical (unpaired) electrons. The molecule has 6 nitrogen and oxygen atoms in total. The smallest absolute Gasteiger partial charge is 0.282 e. The van der Waals surface area contributed by atoms with Crippen molar-refractivity contribution in [1.29, 1.82) is 0 Å². The van der Waals surface area contributed by atoms with Gasteiger partial charge in [-0.25, -0.2) is 0 Å². The number of hydrogen-bond acceptors (Lipinski definition) is 3. The van der Waals surface area contributed by atoms with Crippen molar-refractivity contribution in [2.75, 3.05) is 0 Å². The van der Waals surface area contributed by atoms with Crippen molar-refractivity contribution in [3.8, 4) is 0 Å². The summed E-state index contributed by atoms with van der Waals surface area (Å²) >= 11 is 0. The largest absolute Gasteiger partial charge is 0.294 e. The van der Waals surface area contributed by atoms with Crippen LogP contribution in [0, 0.1) is 6.92 Å². The van der Waals surface area contributed by atoms with Crippen molar-refractivity contribution in [3.05, 3.63) is 34.2 Å². The Morgan fingerprint density at radius 1 is 1.50 bits per heavy atom. The molecule has 1 aromatic carbocycles. The lowest BCUT2D eigenvalue weighted by Crippen LogP contribution is -1.97. The van der Waals surface area contributed by atoms with E-state index in [0.717, 1.165) is 6.07 Å². The van der Waals surface area contributed by atoms with E-state index in [4.69, 9.17) is 10.1 Å². The summed E-state index contributed by atoms with van der Waals surface area (Å²) in [6.45, 7) is 1.66. The Morgan fingerprint density at radius 2 is 2.14 bits per heavy atom. The third kappa shape index (κ3) is 2.23. The van der Waals surface area contributed by atoms with Gasteiger partial charge in [0.05, 0.1) is 4.90 Å². The van der Waals surface area contributed by atoms with Crippen LogP contribution < -0.4 is 0 Å². The SMILES string of the molecule is Cc1ccc(S(=O)(=O)O)cc1N=[N+]=[N-]. The molecule has 1 aromatic rings. The van der Waals surface area contributed by atoms with Gasteiger partial charge in [0.15, 0.2) is 0 Å². The molecule has 0 unspecified atom stereocenters. The third-order valence-electron chi connectivity index (χ3n) is 1.63.